The van der Waals surface area contributed by atoms with Gasteiger partial charge in [-0.05, 0) is 116 Å². The van der Waals surface area contributed by atoms with Gasteiger partial charge in [-0.1, -0.05) is 203 Å². The van der Waals surface area contributed by atoms with Crippen molar-refractivity contribution in [3.63, 3.8) is 0 Å². The molecule has 0 saturated carbocycles. The van der Waals surface area contributed by atoms with Gasteiger partial charge in [0.15, 0.2) is 6.10 Å². The topological polar surface area (TPSA) is 78.9 Å². The maximum Gasteiger partial charge on any atom is 0.306 e. The maximum atomic E-state index is 12.8. The van der Waals surface area contributed by atoms with Crippen molar-refractivity contribution in [3.8, 4) is 0 Å². The molecule has 6 nitrogen and oxygen atoms in total. The molecule has 1 atom stereocenters. The van der Waals surface area contributed by atoms with Crippen LogP contribution < -0.4 is 0 Å². The van der Waals surface area contributed by atoms with Gasteiger partial charge in [0.2, 0.25) is 0 Å². The van der Waals surface area contributed by atoms with Crippen molar-refractivity contribution in [2.24, 2.45) is 0 Å². The average molecular weight is 907 g/mol. The van der Waals surface area contributed by atoms with Gasteiger partial charge in [0.05, 0.1) is 0 Å². The van der Waals surface area contributed by atoms with Gasteiger partial charge in [-0.3, -0.25) is 14.4 Å². The molecular weight excluding hydrogens is 805 g/mol. The zero-order valence-electron chi connectivity index (χ0n) is 42.7. The number of hydrogen-bond donors (Lipinski definition) is 0. The zero-order valence-corrected chi connectivity index (χ0v) is 42.7. The first-order valence-corrected chi connectivity index (χ1v) is 27.4. The summed E-state index contributed by atoms with van der Waals surface area (Å²) < 4.78 is 16.8. The van der Waals surface area contributed by atoms with E-state index in [0.717, 1.165) is 96.3 Å². The summed E-state index contributed by atoms with van der Waals surface area (Å²) >= 11 is 0. The quantitative estimate of drug-likeness (QED) is 0.0262. The van der Waals surface area contributed by atoms with Crippen LogP contribution in [-0.2, 0) is 28.6 Å². The number of allylic oxidation sites excluding steroid dienone is 12. The second-order valence-corrected chi connectivity index (χ2v) is 18.1. The molecule has 0 spiro atoms. The summed E-state index contributed by atoms with van der Waals surface area (Å²) in [5.41, 5.74) is 0. The summed E-state index contributed by atoms with van der Waals surface area (Å²) in [5.74, 6) is -0.948. The Labute approximate surface area is 402 Å². The highest BCUT2D eigenvalue weighted by atomic mass is 16.6. The monoisotopic (exact) mass is 907 g/mol. The van der Waals surface area contributed by atoms with Crippen LogP contribution >= 0.6 is 0 Å². The van der Waals surface area contributed by atoms with E-state index in [0.29, 0.717) is 19.3 Å². The smallest absolute Gasteiger partial charge is 0.306 e. The van der Waals surface area contributed by atoms with Crippen molar-refractivity contribution in [1.82, 2.24) is 0 Å². The standard InChI is InChI=1S/C59H102O6/c1-4-7-10-13-16-19-22-25-28-29-32-35-38-41-44-47-50-53-59(62)65-56(54-63-57(60)51-48-45-42-39-36-33-30-26-23-20-17-14-11-8-5-2)55-64-58(61)52-49-46-43-40-37-34-31-27-24-21-18-15-12-9-6-3/h17-18,20-21,25-28,30-31,36,39,56H,4-16,19,22-24,29,32-35,37-38,40-55H2,1-3H3/b20-17-,21-18-,28-25-,30-26-,31-27-,39-36-/t56-/m1/s1. The molecule has 0 rings (SSSR count). The Morgan fingerprint density at radius 3 is 0.938 bits per heavy atom. The molecule has 0 aliphatic rings. The lowest BCUT2D eigenvalue weighted by Gasteiger charge is -2.18. The summed E-state index contributed by atoms with van der Waals surface area (Å²) in [6, 6.07) is 0. The van der Waals surface area contributed by atoms with Gasteiger partial charge in [0.1, 0.15) is 13.2 Å². The van der Waals surface area contributed by atoms with Gasteiger partial charge in [-0.2, -0.15) is 0 Å². The predicted octanol–water partition coefficient (Wildman–Crippen LogP) is 18.2. The van der Waals surface area contributed by atoms with Crippen molar-refractivity contribution in [1.29, 1.82) is 0 Å². The van der Waals surface area contributed by atoms with Crippen LogP contribution in [0.5, 0.6) is 0 Å². The number of carbonyl (C=O) groups excluding carboxylic acids is 3. The number of rotatable bonds is 49. The molecule has 0 fully saturated rings. The predicted molar refractivity (Wildman–Crippen MR) is 279 cm³/mol. The van der Waals surface area contributed by atoms with Gasteiger partial charge >= 0.3 is 17.9 Å². The van der Waals surface area contributed by atoms with Gasteiger partial charge in [-0.25, -0.2) is 0 Å². The molecule has 0 aliphatic heterocycles. The van der Waals surface area contributed by atoms with Crippen LogP contribution in [0.25, 0.3) is 0 Å². The van der Waals surface area contributed by atoms with Crippen LogP contribution in [0.2, 0.25) is 0 Å². The minimum absolute atomic E-state index is 0.0964. The molecule has 0 amide bonds. The molecule has 0 aromatic heterocycles. The minimum atomic E-state index is -0.799. The van der Waals surface area contributed by atoms with E-state index in [-0.39, 0.29) is 31.1 Å². The molecule has 0 radical (unpaired) electrons. The van der Waals surface area contributed by atoms with E-state index in [1.54, 1.807) is 0 Å². The highest BCUT2D eigenvalue weighted by molar-refractivity contribution is 5.71. The van der Waals surface area contributed by atoms with Crippen molar-refractivity contribution < 1.29 is 28.6 Å². The summed E-state index contributed by atoms with van der Waals surface area (Å²) in [6.07, 6.45) is 67.4. The maximum absolute atomic E-state index is 12.8. The van der Waals surface area contributed by atoms with Crippen LogP contribution in [0, 0.1) is 0 Å². The first-order valence-electron chi connectivity index (χ1n) is 27.4. The highest BCUT2D eigenvalue weighted by Gasteiger charge is 2.19. The highest BCUT2D eigenvalue weighted by Crippen LogP contribution is 2.14. The average Bonchev–Trinajstić information content (AvgIpc) is 3.30. The zero-order chi connectivity index (χ0) is 47.2. The molecule has 65 heavy (non-hydrogen) atoms. The Morgan fingerprint density at radius 1 is 0.308 bits per heavy atom. The molecule has 0 unspecified atom stereocenters. The van der Waals surface area contributed by atoms with Crippen molar-refractivity contribution >= 4 is 17.9 Å². The third-order valence-electron chi connectivity index (χ3n) is 11.7. The van der Waals surface area contributed by atoms with E-state index in [1.807, 2.05) is 0 Å². The van der Waals surface area contributed by atoms with Crippen molar-refractivity contribution in [3.05, 3.63) is 72.9 Å². The molecule has 6 heteroatoms. The Morgan fingerprint density at radius 2 is 0.554 bits per heavy atom. The fraction of sp³-hybridized carbons (Fsp3) is 0.746. The SMILES string of the molecule is CCCCC/C=C\C/C=C\C/C=C\CCCCC(=O)OC[C@H](COC(=O)CCCCCCC/C=C\C/C=C\CCCCC)OC(=O)CCCCCCCCC/C=C\CCCCCCCC. The van der Waals surface area contributed by atoms with E-state index < -0.39 is 6.10 Å². The number of ether oxygens (including phenoxy) is 3. The summed E-state index contributed by atoms with van der Waals surface area (Å²) in [6.45, 7) is 6.54. The number of hydrogen-bond acceptors (Lipinski definition) is 6. The molecule has 374 valence electrons. The lowest BCUT2D eigenvalue weighted by atomic mass is 10.1. The van der Waals surface area contributed by atoms with Crippen LogP contribution in [0.4, 0.5) is 0 Å². The molecule has 0 aromatic carbocycles. The van der Waals surface area contributed by atoms with Crippen LogP contribution in [0.1, 0.15) is 265 Å². The molecule has 0 heterocycles. The lowest BCUT2D eigenvalue weighted by Crippen LogP contribution is -2.30. The van der Waals surface area contributed by atoms with E-state index in [9.17, 15) is 14.4 Å². The number of carbonyl (C=O) groups is 3. The van der Waals surface area contributed by atoms with Crippen LogP contribution in [0.15, 0.2) is 72.9 Å². The number of esters is 3. The Balaban J connectivity index is 4.47. The van der Waals surface area contributed by atoms with E-state index in [1.165, 1.54) is 128 Å². The van der Waals surface area contributed by atoms with Gasteiger partial charge in [0.25, 0.3) is 0 Å². The fourth-order valence-electron chi connectivity index (χ4n) is 7.47. The van der Waals surface area contributed by atoms with Crippen molar-refractivity contribution in [2.45, 2.75) is 271 Å². The Hall–Kier alpha value is -3.15. The van der Waals surface area contributed by atoms with Gasteiger partial charge in [-0.15, -0.1) is 0 Å². The van der Waals surface area contributed by atoms with Crippen LogP contribution in [-0.4, -0.2) is 37.2 Å². The molecule has 0 aliphatic carbocycles. The summed E-state index contributed by atoms with van der Waals surface area (Å²) in [5, 5.41) is 0. The summed E-state index contributed by atoms with van der Waals surface area (Å²) in [4.78, 5) is 38.1. The van der Waals surface area contributed by atoms with E-state index >= 15 is 0 Å². The fourth-order valence-corrected chi connectivity index (χ4v) is 7.47. The second-order valence-electron chi connectivity index (χ2n) is 18.1. The van der Waals surface area contributed by atoms with Crippen molar-refractivity contribution in [2.75, 3.05) is 13.2 Å². The van der Waals surface area contributed by atoms with E-state index in [4.69, 9.17) is 14.2 Å². The number of unbranched alkanes of at least 4 members (excludes halogenated alkanes) is 26. The third-order valence-corrected chi connectivity index (χ3v) is 11.7. The van der Waals surface area contributed by atoms with Gasteiger partial charge < -0.3 is 14.2 Å². The Kier molecular flexibility index (Phi) is 50.9. The largest absolute Gasteiger partial charge is 0.462 e. The molecule has 0 N–H and O–H groups in total. The Bertz CT molecular complexity index is 1230. The van der Waals surface area contributed by atoms with Crippen LogP contribution in [0.3, 0.4) is 0 Å². The third kappa shape index (κ3) is 51.7. The van der Waals surface area contributed by atoms with E-state index in [2.05, 4.69) is 93.7 Å². The first-order chi connectivity index (χ1) is 32.0. The molecule has 0 aromatic rings. The minimum Gasteiger partial charge on any atom is -0.462 e. The molecular formula is C59H102O6. The summed E-state index contributed by atoms with van der Waals surface area (Å²) in [7, 11) is 0. The molecule has 0 bridgehead atoms. The first kappa shape index (κ1) is 61.9. The molecule has 0 saturated heterocycles. The normalized spacial score (nSPS) is 12.6. The van der Waals surface area contributed by atoms with Gasteiger partial charge in [0, 0.05) is 19.3 Å². The lowest BCUT2D eigenvalue weighted by molar-refractivity contribution is -0.167. The second kappa shape index (κ2) is 53.5.